The zero-order valence-corrected chi connectivity index (χ0v) is 20.3. The van der Waals surface area contributed by atoms with E-state index in [0.717, 1.165) is 31.4 Å². The number of anilines is 1. The highest BCUT2D eigenvalue weighted by Gasteiger charge is 2.36. The average molecular weight is 570 g/mol. The van der Waals surface area contributed by atoms with Crippen LogP contribution in [0.1, 0.15) is 11.1 Å². The molecule has 1 aliphatic heterocycles. The zero-order chi connectivity index (χ0) is 23.2. The molecule has 0 aromatic heterocycles. The van der Waals surface area contributed by atoms with Crippen LogP contribution in [0.25, 0.3) is 6.08 Å². The van der Waals surface area contributed by atoms with E-state index in [-0.39, 0.29) is 11.4 Å². The van der Waals surface area contributed by atoms with Gasteiger partial charge in [0.15, 0.2) is 0 Å². The van der Waals surface area contributed by atoms with Gasteiger partial charge in [-0.15, -0.1) is 0 Å². The zero-order valence-electron chi connectivity index (χ0n) is 17.4. The Morgan fingerprint density at radius 2 is 1.67 bits per heavy atom. The second-order valence-electron chi connectivity index (χ2n) is 7.17. The molecule has 1 saturated heterocycles. The quantitative estimate of drug-likeness (QED) is 0.298. The third-order valence-electron chi connectivity index (χ3n) is 4.73. The first-order valence-electron chi connectivity index (χ1n) is 10.1. The highest BCUT2D eigenvalue weighted by atomic mass is 127. The predicted octanol–water partition coefficient (Wildman–Crippen LogP) is 5.55. The molecule has 0 radical (unpaired) electrons. The maximum absolute atomic E-state index is 12.7. The molecule has 0 bridgehead atoms. The Bertz CT molecular complexity index is 1200. The van der Waals surface area contributed by atoms with E-state index < -0.39 is 17.1 Å². The third kappa shape index (κ3) is 6.23. The van der Waals surface area contributed by atoms with E-state index in [2.05, 4.69) is 27.9 Å². The van der Waals surface area contributed by atoms with Crippen LogP contribution in [-0.4, -0.2) is 28.5 Å². The van der Waals surface area contributed by atoms with Gasteiger partial charge >= 0.3 is 0 Å². The van der Waals surface area contributed by atoms with Crippen molar-refractivity contribution in [2.24, 2.45) is 0 Å². The van der Waals surface area contributed by atoms with Gasteiger partial charge in [-0.25, -0.2) is 0 Å². The molecule has 0 spiro atoms. The van der Waals surface area contributed by atoms with E-state index in [1.165, 1.54) is 0 Å². The number of carbonyl (C=O) groups excluding carboxylic acids is 3. The first kappa shape index (κ1) is 23.1. The fourth-order valence-corrected chi connectivity index (χ4v) is 4.26. The molecule has 8 heteroatoms. The topological polar surface area (TPSA) is 75.7 Å². The van der Waals surface area contributed by atoms with E-state index in [4.69, 9.17) is 4.74 Å². The summed E-state index contributed by atoms with van der Waals surface area (Å²) in [5.74, 6) is -0.205. The number of ether oxygens (including phenoxy) is 1. The first-order valence-corrected chi connectivity index (χ1v) is 11.9. The highest BCUT2D eigenvalue weighted by molar-refractivity contribution is 14.1. The van der Waals surface area contributed by atoms with E-state index >= 15 is 0 Å². The molecule has 3 aromatic rings. The molecular weight excluding hydrogens is 551 g/mol. The summed E-state index contributed by atoms with van der Waals surface area (Å²) >= 11 is 2.99. The van der Waals surface area contributed by atoms with Crippen LogP contribution in [0.4, 0.5) is 10.5 Å². The lowest BCUT2D eigenvalue weighted by molar-refractivity contribution is -0.127. The molecular formula is C25H19IN2O4S. The normalized spacial score (nSPS) is 14.6. The van der Waals surface area contributed by atoms with Gasteiger partial charge in [0, 0.05) is 9.26 Å². The standard InChI is InChI=1S/C25H19IN2O4S/c26-19-8-10-20(11-9-19)27-23(29)15-28-24(30)22(33-25(28)31)14-17-6-12-21(13-7-17)32-16-18-4-2-1-3-5-18/h1-14H,15-16H2,(H,27,29)/b22-14+. The van der Waals surface area contributed by atoms with Crippen LogP contribution < -0.4 is 10.1 Å². The Kier molecular flexibility index (Phi) is 7.46. The van der Waals surface area contributed by atoms with Crippen molar-refractivity contribution in [3.63, 3.8) is 0 Å². The largest absolute Gasteiger partial charge is 0.489 e. The number of imide groups is 1. The van der Waals surface area contributed by atoms with E-state index in [1.807, 2.05) is 66.7 Å². The Morgan fingerprint density at radius 3 is 2.36 bits per heavy atom. The van der Waals surface area contributed by atoms with Crippen LogP contribution in [0.2, 0.25) is 0 Å². The van der Waals surface area contributed by atoms with Gasteiger partial charge in [0.05, 0.1) is 4.91 Å². The van der Waals surface area contributed by atoms with E-state index in [1.54, 1.807) is 18.2 Å². The Balaban J connectivity index is 1.35. The average Bonchev–Trinajstić information content (AvgIpc) is 3.08. The van der Waals surface area contributed by atoms with Crippen LogP contribution in [0, 0.1) is 3.57 Å². The molecule has 3 amide bonds. The van der Waals surface area contributed by atoms with Gasteiger partial charge in [-0.1, -0.05) is 42.5 Å². The first-order chi connectivity index (χ1) is 16.0. The number of nitrogens with zero attached hydrogens (tertiary/aromatic N) is 1. The van der Waals surface area contributed by atoms with Gasteiger partial charge in [0.1, 0.15) is 18.9 Å². The molecule has 6 nitrogen and oxygen atoms in total. The highest BCUT2D eigenvalue weighted by Crippen LogP contribution is 2.32. The van der Waals surface area contributed by atoms with Gasteiger partial charge in [-0.2, -0.15) is 0 Å². The Hall–Kier alpha value is -3.11. The molecule has 4 rings (SSSR count). The van der Waals surface area contributed by atoms with Gasteiger partial charge < -0.3 is 10.1 Å². The van der Waals surface area contributed by atoms with Crippen molar-refractivity contribution < 1.29 is 19.1 Å². The molecule has 33 heavy (non-hydrogen) atoms. The lowest BCUT2D eigenvalue weighted by atomic mass is 10.2. The van der Waals surface area contributed by atoms with Crippen LogP contribution in [-0.2, 0) is 16.2 Å². The van der Waals surface area contributed by atoms with Crippen molar-refractivity contribution in [1.29, 1.82) is 0 Å². The van der Waals surface area contributed by atoms with Crippen LogP contribution in [0.3, 0.4) is 0 Å². The lowest BCUT2D eigenvalue weighted by Crippen LogP contribution is -2.36. The molecule has 1 N–H and O–H groups in total. The number of rotatable bonds is 7. The minimum absolute atomic E-state index is 0.278. The van der Waals surface area contributed by atoms with Gasteiger partial charge in [-0.05, 0) is 88.0 Å². The monoisotopic (exact) mass is 570 g/mol. The molecule has 0 unspecified atom stereocenters. The minimum atomic E-state index is -0.479. The van der Waals surface area contributed by atoms with Gasteiger partial charge in [0.25, 0.3) is 11.1 Å². The van der Waals surface area contributed by atoms with Crippen molar-refractivity contribution in [2.45, 2.75) is 6.61 Å². The molecule has 0 aliphatic carbocycles. The maximum atomic E-state index is 12.7. The molecule has 3 aromatic carbocycles. The fourth-order valence-electron chi connectivity index (χ4n) is 3.07. The molecule has 0 saturated carbocycles. The van der Waals surface area contributed by atoms with Crippen molar-refractivity contribution >= 4 is 63.2 Å². The van der Waals surface area contributed by atoms with Crippen LogP contribution >= 0.6 is 34.4 Å². The smallest absolute Gasteiger partial charge is 0.294 e. The second kappa shape index (κ2) is 10.7. The Labute approximate surface area is 209 Å². The number of carbonyl (C=O) groups is 3. The summed E-state index contributed by atoms with van der Waals surface area (Å²) in [6, 6.07) is 24.4. The molecule has 166 valence electrons. The lowest BCUT2D eigenvalue weighted by Gasteiger charge is -2.12. The third-order valence-corrected chi connectivity index (χ3v) is 6.36. The molecule has 1 fully saturated rings. The number of halogens is 1. The van der Waals surface area contributed by atoms with Crippen LogP contribution in [0.15, 0.2) is 83.8 Å². The Morgan fingerprint density at radius 1 is 0.970 bits per heavy atom. The summed E-state index contributed by atoms with van der Waals surface area (Å²) in [6.45, 7) is 0.129. The van der Waals surface area contributed by atoms with Gasteiger partial charge in [0.2, 0.25) is 5.91 Å². The second-order valence-corrected chi connectivity index (χ2v) is 9.41. The summed E-state index contributed by atoms with van der Waals surface area (Å²) < 4.78 is 6.81. The number of hydrogen-bond acceptors (Lipinski definition) is 5. The molecule has 1 heterocycles. The van der Waals surface area contributed by atoms with Crippen molar-refractivity contribution in [2.75, 3.05) is 11.9 Å². The molecule has 1 aliphatic rings. The number of amides is 3. The summed E-state index contributed by atoms with van der Waals surface area (Å²) in [7, 11) is 0. The minimum Gasteiger partial charge on any atom is -0.489 e. The number of thioether (sulfide) groups is 1. The van der Waals surface area contributed by atoms with Gasteiger partial charge in [-0.3, -0.25) is 19.3 Å². The SMILES string of the molecule is O=C(CN1C(=O)S/C(=C/c2ccc(OCc3ccccc3)cc2)C1=O)Nc1ccc(I)cc1. The van der Waals surface area contributed by atoms with E-state index in [0.29, 0.717) is 18.0 Å². The number of hydrogen-bond donors (Lipinski definition) is 1. The summed E-state index contributed by atoms with van der Waals surface area (Å²) in [5.41, 5.74) is 2.44. The number of benzene rings is 3. The van der Waals surface area contributed by atoms with Crippen LogP contribution in [0.5, 0.6) is 5.75 Å². The van der Waals surface area contributed by atoms with E-state index in [9.17, 15) is 14.4 Å². The fraction of sp³-hybridized carbons (Fsp3) is 0.0800. The molecule has 0 atom stereocenters. The predicted molar refractivity (Wildman–Crippen MR) is 138 cm³/mol. The maximum Gasteiger partial charge on any atom is 0.294 e. The number of nitrogens with one attached hydrogen (secondary N) is 1. The van der Waals surface area contributed by atoms with Crippen molar-refractivity contribution in [3.05, 3.63) is 98.5 Å². The summed E-state index contributed by atoms with van der Waals surface area (Å²) in [6.07, 6.45) is 1.64. The summed E-state index contributed by atoms with van der Waals surface area (Å²) in [4.78, 5) is 38.5. The summed E-state index contributed by atoms with van der Waals surface area (Å²) in [5, 5.41) is 2.23. The van der Waals surface area contributed by atoms with Crippen molar-refractivity contribution in [3.8, 4) is 5.75 Å². The van der Waals surface area contributed by atoms with Crippen molar-refractivity contribution in [1.82, 2.24) is 4.90 Å².